The molecule has 2 rings (SSSR count). The van der Waals surface area contributed by atoms with Crippen LogP contribution in [0.5, 0.6) is 0 Å². The number of hydrogen-bond donors (Lipinski definition) is 1. The highest BCUT2D eigenvalue weighted by atomic mass is 35.5. The van der Waals surface area contributed by atoms with Crippen LogP contribution in [0.4, 0.5) is 0 Å². The molecule has 0 saturated heterocycles. The third-order valence-electron chi connectivity index (χ3n) is 3.02. The van der Waals surface area contributed by atoms with Gasteiger partial charge in [-0.15, -0.1) is 0 Å². The van der Waals surface area contributed by atoms with Gasteiger partial charge in [-0.3, -0.25) is 4.68 Å². The molecule has 0 aliphatic carbocycles. The summed E-state index contributed by atoms with van der Waals surface area (Å²) in [6, 6.07) is 7.20. The van der Waals surface area contributed by atoms with E-state index in [1.54, 1.807) is 18.2 Å². The molecule has 0 aliphatic rings. The van der Waals surface area contributed by atoms with Crippen molar-refractivity contribution in [1.82, 2.24) is 9.78 Å². The first kappa shape index (κ1) is 14.4. The van der Waals surface area contributed by atoms with Crippen LogP contribution in [0.1, 0.15) is 30.0 Å². The van der Waals surface area contributed by atoms with Gasteiger partial charge in [0.25, 0.3) is 0 Å². The fourth-order valence-corrected chi connectivity index (χ4v) is 2.82. The van der Waals surface area contributed by atoms with Crippen LogP contribution in [-0.4, -0.2) is 14.9 Å². The second kappa shape index (κ2) is 5.95. The van der Waals surface area contributed by atoms with Crippen LogP contribution < -0.4 is 0 Å². The van der Waals surface area contributed by atoms with E-state index in [9.17, 15) is 5.11 Å². The minimum absolute atomic E-state index is 0.443. The Kier molecular flexibility index (Phi) is 4.50. The molecule has 2 aromatic rings. The Morgan fingerprint density at radius 1 is 1.32 bits per heavy atom. The van der Waals surface area contributed by atoms with E-state index in [2.05, 4.69) is 5.10 Å². The van der Waals surface area contributed by atoms with Crippen molar-refractivity contribution in [3.63, 3.8) is 0 Å². The number of aliphatic hydroxyl groups is 1. The zero-order chi connectivity index (χ0) is 14.0. The molecule has 0 bridgehead atoms. The summed E-state index contributed by atoms with van der Waals surface area (Å²) in [5.74, 6) is 0. The van der Waals surface area contributed by atoms with Gasteiger partial charge < -0.3 is 5.11 Å². The molecule has 0 saturated carbocycles. The highest BCUT2D eigenvalue weighted by Crippen LogP contribution is 2.32. The molecule has 1 heterocycles. The molecule has 1 aromatic carbocycles. The average molecular weight is 299 g/mol. The maximum Gasteiger partial charge on any atom is 0.0874 e. The first-order valence-corrected chi connectivity index (χ1v) is 6.93. The largest absolute Gasteiger partial charge is 0.388 e. The van der Waals surface area contributed by atoms with E-state index in [0.29, 0.717) is 22.0 Å². The quantitative estimate of drug-likeness (QED) is 0.932. The second-order valence-corrected chi connectivity index (χ2v) is 5.26. The van der Waals surface area contributed by atoms with Crippen LogP contribution >= 0.6 is 23.2 Å². The van der Waals surface area contributed by atoms with Crippen molar-refractivity contribution in [3.05, 3.63) is 51.3 Å². The molecule has 1 N–H and O–H groups in total. The standard InChI is InChI=1S/C14H16Cl2N2O/c1-3-18-10(7-9(2)17-18)8-13(19)14-11(15)5-4-6-12(14)16/h4-7,13,19H,3,8H2,1-2H3. The predicted octanol–water partition coefficient (Wildman–Crippen LogP) is 3.79. The molecule has 1 atom stereocenters. The summed E-state index contributed by atoms with van der Waals surface area (Å²) in [7, 11) is 0. The lowest BCUT2D eigenvalue weighted by atomic mass is 10.0. The number of rotatable bonds is 4. The molecule has 0 amide bonds. The number of benzene rings is 1. The van der Waals surface area contributed by atoms with Gasteiger partial charge in [0.05, 0.1) is 11.8 Å². The Bertz CT molecular complexity index is 561. The van der Waals surface area contributed by atoms with Gasteiger partial charge in [0.15, 0.2) is 0 Å². The number of halogens is 2. The number of aromatic nitrogens is 2. The van der Waals surface area contributed by atoms with Gasteiger partial charge in [-0.25, -0.2) is 0 Å². The summed E-state index contributed by atoms with van der Waals surface area (Å²) in [5, 5.41) is 15.7. The van der Waals surface area contributed by atoms with Crippen molar-refractivity contribution in [3.8, 4) is 0 Å². The van der Waals surface area contributed by atoms with E-state index in [4.69, 9.17) is 23.2 Å². The summed E-state index contributed by atoms with van der Waals surface area (Å²) < 4.78 is 1.88. The molecular weight excluding hydrogens is 283 g/mol. The maximum absolute atomic E-state index is 10.4. The van der Waals surface area contributed by atoms with E-state index >= 15 is 0 Å². The SMILES string of the molecule is CCn1nc(C)cc1CC(O)c1c(Cl)cccc1Cl. The molecule has 1 aromatic heterocycles. The topological polar surface area (TPSA) is 38.0 Å². The first-order valence-electron chi connectivity index (χ1n) is 6.18. The lowest BCUT2D eigenvalue weighted by Crippen LogP contribution is -2.09. The summed E-state index contributed by atoms with van der Waals surface area (Å²) >= 11 is 12.2. The van der Waals surface area contributed by atoms with Crippen LogP contribution in [0.15, 0.2) is 24.3 Å². The van der Waals surface area contributed by atoms with Gasteiger partial charge in [0, 0.05) is 34.3 Å². The minimum atomic E-state index is -0.734. The fraction of sp³-hybridized carbons (Fsp3) is 0.357. The minimum Gasteiger partial charge on any atom is -0.388 e. The highest BCUT2D eigenvalue weighted by molar-refractivity contribution is 6.36. The smallest absolute Gasteiger partial charge is 0.0874 e. The van der Waals surface area contributed by atoms with Gasteiger partial charge in [-0.05, 0) is 32.0 Å². The van der Waals surface area contributed by atoms with E-state index in [-0.39, 0.29) is 0 Å². The number of aliphatic hydroxyl groups excluding tert-OH is 1. The summed E-state index contributed by atoms with van der Waals surface area (Å²) in [6.07, 6.45) is -0.291. The Hall–Kier alpha value is -1.03. The number of hydrogen-bond acceptors (Lipinski definition) is 2. The third-order valence-corrected chi connectivity index (χ3v) is 3.68. The van der Waals surface area contributed by atoms with Crippen molar-refractivity contribution >= 4 is 23.2 Å². The predicted molar refractivity (Wildman–Crippen MR) is 77.8 cm³/mol. The monoisotopic (exact) mass is 298 g/mol. The molecule has 0 spiro atoms. The van der Waals surface area contributed by atoms with Gasteiger partial charge in [0.2, 0.25) is 0 Å². The Morgan fingerprint density at radius 3 is 2.53 bits per heavy atom. The van der Waals surface area contributed by atoms with E-state index in [1.807, 2.05) is 24.6 Å². The van der Waals surface area contributed by atoms with Crippen LogP contribution in [-0.2, 0) is 13.0 Å². The third kappa shape index (κ3) is 3.11. The molecule has 0 aliphatic heterocycles. The highest BCUT2D eigenvalue weighted by Gasteiger charge is 2.18. The Morgan fingerprint density at radius 2 is 1.95 bits per heavy atom. The van der Waals surface area contributed by atoms with Gasteiger partial charge in [-0.2, -0.15) is 5.10 Å². The van der Waals surface area contributed by atoms with Gasteiger partial charge in [0.1, 0.15) is 0 Å². The summed E-state index contributed by atoms with van der Waals surface area (Å²) in [6.45, 7) is 4.72. The molecule has 0 radical (unpaired) electrons. The Labute approximate surface area is 122 Å². The van der Waals surface area contributed by atoms with Crippen LogP contribution in [0.3, 0.4) is 0 Å². The summed E-state index contributed by atoms with van der Waals surface area (Å²) in [5.41, 5.74) is 2.49. The Balaban J connectivity index is 2.28. The number of aryl methyl sites for hydroxylation is 2. The molecular formula is C14H16Cl2N2O. The zero-order valence-corrected chi connectivity index (χ0v) is 12.4. The van der Waals surface area contributed by atoms with E-state index in [1.165, 1.54) is 0 Å². The average Bonchev–Trinajstić information content (AvgIpc) is 2.69. The maximum atomic E-state index is 10.4. The number of nitrogens with zero attached hydrogens (tertiary/aromatic N) is 2. The van der Waals surface area contributed by atoms with Crippen LogP contribution in [0.2, 0.25) is 10.0 Å². The molecule has 3 nitrogen and oxygen atoms in total. The van der Waals surface area contributed by atoms with E-state index < -0.39 is 6.10 Å². The fourth-order valence-electron chi connectivity index (χ4n) is 2.17. The molecule has 102 valence electrons. The van der Waals surface area contributed by atoms with Crippen molar-refractivity contribution in [1.29, 1.82) is 0 Å². The molecule has 19 heavy (non-hydrogen) atoms. The van der Waals surface area contributed by atoms with E-state index in [0.717, 1.165) is 17.9 Å². The van der Waals surface area contributed by atoms with Crippen molar-refractivity contribution in [2.24, 2.45) is 0 Å². The van der Waals surface area contributed by atoms with Crippen molar-refractivity contribution < 1.29 is 5.11 Å². The molecule has 1 unspecified atom stereocenters. The lowest BCUT2D eigenvalue weighted by Gasteiger charge is -2.15. The van der Waals surface area contributed by atoms with Gasteiger partial charge >= 0.3 is 0 Å². The van der Waals surface area contributed by atoms with Crippen LogP contribution in [0.25, 0.3) is 0 Å². The molecule has 0 fully saturated rings. The second-order valence-electron chi connectivity index (χ2n) is 4.45. The van der Waals surface area contributed by atoms with Gasteiger partial charge in [-0.1, -0.05) is 29.3 Å². The zero-order valence-electron chi connectivity index (χ0n) is 10.9. The lowest BCUT2D eigenvalue weighted by molar-refractivity contribution is 0.175. The van der Waals surface area contributed by atoms with Crippen molar-refractivity contribution in [2.45, 2.75) is 32.9 Å². The van der Waals surface area contributed by atoms with Crippen molar-refractivity contribution in [2.75, 3.05) is 0 Å². The normalized spacial score (nSPS) is 12.7. The van der Waals surface area contributed by atoms with Crippen LogP contribution in [0, 0.1) is 6.92 Å². The first-order chi connectivity index (χ1) is 9.02. The summed E-state index contributed by atoms with van der Waals surface area (Å²) in [4.78, 5) is 0. The molecule has 5 heteroatoms.